The maximum atomic E-state index is 8.35. The molecule has 0 aliphatic carbocycles. The van der Waals surface area contributed by atoms with Crippen molar-refractivity contribution in [2.24, 2.45) is 0 Å². The molecular formula is C26H20N2O2. The van der Waals surface area contributed by atoms with E-state index in [9.17, 15) is 0 Å². The molecule has 0 heterocycles. The van der Waals surface area contributed by atoms with Crippen molar-refractivity contribution in [3.8, 4) is 33.4 Å². The van der Waals surface area contributed by atoms with Crippen LogP contribution in [0.15, 0.2) is 109 Å². The van der Waals surface area contributed by atoms with E-state index in [-0.39, 0.29) is 0 Å². The third-order valence-electron chi connectivity index (χ3n) is 4.30. The fraction of sp³-hybridized carbons (Fsp3) is 0. The van der Waals surface area contributed by atoms with Crippen molar-refractivity contribution in [1.82, 2.24) is 0 Å². The highest BCUT2D eigenvalue weighted by Crippen LogP contribution is 2.35. The lowest BCUT2D eigenvalue weighted by Gasteiger charge is -2.13. The molecule has 2 N–H and O–H groups in total. The number of isocyanates is 2. The lowest BCUT2D eigenvalue weighted by molar-refractivity contribution is 0.562. The number of hydrogen-bond acceptors (Lipinski definition) is 4. The first kappa shape index (κ1) is 21.9. The Morgan fingerprint density at radius 1 is 0.433 bits per heavy atom. The number of carbonyl (C=O) groups excluding carboxylic acids is 2. The summed E-state index contributed by atoms with van der Waals surface area (Å²) in [6.07, 6.45) is 1.50. The highest BCUT2D eigenvalue weighted by Gasteiger charge is 2.09. The molecule has 0 saturated carbocycles. The van der Waals surface area contributed by atoms with Gasteiger partial charge in [0.05, 0.1) is 0 Å². The van der Waals surface area contributed by atoms with E-state index in [0.29, 0.717) is 0 Å². The summed E-state index contributed by atoms with van der Waals surface area (Å²) in [5.41, 5.74) is 7.51. The molecule has 4 aromatic rings. The van der Waals surface area contributed by atoms with Crippen LogP contribution in [0.3, 0.4) is 0 Å². The smallest absolute Gasteiger partial charge is 0.222 e. The van der Waals surface area contributed by atoms with Gasteiger partial charge in [0.15, 0.2) is 0 Å². The van der Waals surface area contributed by atoms with Gasteiger partial charge in [0.1, 0.15) is 0 Å². The summed E-state index contributed by atoms with van der Waals surface area (Å²) < 4.78 is 0. The highest BCUT2D eigenvalue weighted by molar-refractivity contribution is 5.87. The minimum Gasteiger partial charge on any atom is -0.222 e. The van der Waals surface area contributed by atoms with E-state index in [1.807, 2.05) is 0 Å². The van der Waals surface area contributed by atoms with E-state index in [1.54, 1.807) is 0 Å². The van der Waals surface area contributed by atoms with Crippen molar-refractivity contribution < 1.29 is 9.59 Å². The van der Waals surface area contributed by atoms with Gasteiger partial charge in [-0.15, -0.1) is 0 Å². The van der Waals surface area contributed by atoms with E-state index in [0.717, 1.165) is 12.2 Å². The van der Waals surface area contributed by atoms with Gasteiger partial charge in [-0.05, 0) is 39.4 Å². The zero-order chi connectivity index (χ0) is 21.6. The molecule has 0 spiro atoms. The molecule has 146 valence electrons. The molecule has 4 rings (SSSR count). The van der Waals surface area contributed by atoms with Crippen LogP contribution in [0.1, 0.15) is 0 Å². The second kappa shape index (κ2) is 12.2. The van der Waals surface area contributed by atoms with E-state index < -0.39 is 0 Å². The molecule has 0 fully saturated rings. The molecule has 0 atom stereocenters. The average molecular weight is 392 g/mol. The Morgan fingerprint density at radius 2 is 0.800 bits per heavy atom. The van der Waals surface area contributed by atoms with Gasteiger partial charge < -0.3 is 0 Å². The standard InChI is InChI=1S/C24H18.2CHNO/c1-4-10-19(11-5-1)22-16-17-23(20-12-6-2-7-13-20)24(18-22)21-14-8-3-9-15-21;2*2-1-3/h1-18H;2*2H. The fourth-order valence-electron chi connectivity index (χ4n) is 3.08. The predicted molar refractivity (Wildman–Crippen MR) is 120 cm³/mol. The van der Waals surface area contributed by atoms with E-state index in [4.69, 9.17) is 20.4 Å². The van der Waals surface area contributed by atoms with Crippen LogP contribution >= 0.6 is 0 Å². The van der Waals surface area contributed by atoms with Gasteiger partial charge >= 0.3 is 0 Å². The van der Waals surface area contributed by atoms with Gasteiger partial charge in [-0.2, -0.15) is 0 Å². The molecular weight excluding hydrogens is 372 g/mol. The first-order valence-corrected chi connectivity index (χ1v) is 9.13. The van der Waals surface area contributed by atoms with Crippen molar-refractivity contribution in [3.05, 3.63) is 109 Å². The van der Waals surface area contributed by atoms with Crippen LogP contribution in [0.2, 0.25) is 0 Å². The van der Waals surface area contributed by atoms with Crippen LogP contribution in [0.25, 0.3) is 33.4 Å². The normalized spacial score (nSPS) is 8.93. The monoisotopic (exact) mass is 392 g/mol. The third kappa shape index (κ3) is 6.08. The van der Waals surface area contributed by atoms with Gasteiger partial charge in [-0.25, -0.2) is 20.4 Å². The quantitative estimate of drug-likeness (QED) is 0.309. The fourth-order valence-corrected chi connectivity index (χ4v) is 3.08. The Morgan fingerprint density at radius 3 is 1.23 bits per heavy atom. The maximum absolute atomic E-state index is 8.35. The Labute approximate surface area is 175 Å². The minimum atomic E-state index is 0.750. The van der Waals surface area contributed by atoms with Crippen molar-refractivity contribution in [1.29, 1.82) is 10.8 Å². The number of nitrogens with one attached hydrogen (secondary N) is 2. The number of hydrogen-bond donors (Lipinski definition) is 2. The SMILES string of the molecule is N=C=O.N=C=O.c1ccc(-c2ccc(-c3ccccc3)c(-c3ccccc3)c2)cc1. The molecule has 0 amide bonds. The second-order valence-electron chi connectivity index (χ2n) is 6.06. The first-order chi connectivity index (χ1) is 14.7. The summed E-state index contributed by atoms with van der Waals surface area (Å²) in [6, 6.07) is 38.5. The van der Waals surface area contributed by atoms with Gasteiger partial charge in [0, 0.05) is 0 Å². The molecule has 0 aliphatic heterocycles. The van der Waals surface area contributed by atoms with Gasteiger partial charge in [0.25, 0.3) is 0 Å². The Kier molecular flexibility index (Phi) is 8.90. The summed E-state index contributed by atoms with van der Waals surface area (Å²) in [5.74, 6) is 0. The lowest BCUT2D eigenvalue weighted by atomic mass is 9.91. The Hall–Kier alpha value is -4.36. The van der Waals surface area contributed by atoms with E-state index >= 15 is 0 Å². The van der Waals surface area contributed by atoms with Crippen LogP contribution in [0.5, 0.6) is 0 Å². The van der Waals surface area contributed by atoms with Gasteiger partial charge in [0.2, 0.25) is 12.2 Å². The molecule has 0 radical (unpaired) electrons. The van der Waals surface area contributed by atoms with Crippen molar-refractivity contribution in [2.75, 3.05) is 0 Å². The highest BCUT2D eigenvalue weighted by atomic mass is 16.1. The largest absolute Gasteiger partial charge is 0.231 e. The first-order valence-electron chi connectivity index (χ1n) is 9.13. The van der Waals surface area contributed by atoms with Gasteiger partial charge in [-0.3, -0.25) is 0 Å². The zero-order valence-corrected chi connectivity index (χ0v) is 16.2. The number of rotatable bonds is 3. The summed E-state index contributed by atoms with van der Waals surface area (Å²) in [4.78, 5) is 16.7. The topological polar surface area (TPSA) is 81.8 Å². The second-order valence-corrected chi connectivity index (χ2v) is 6.06. The maximum Gasteiger partial charge on any atom is 0.231 e. The molecule has 0 unspecified atom stereocenters. The van der Waals surface area contributed by atoms with Crippen LogP contribution in [-0.2, 0) is 9.59 Å². The Balaban J connectivity index is 0.000000480. The predicted octanol–water partition coefficient (Wildman–Crippen LogP) is 6.49. The van der Waals surface area contributed by atoms with Crippen molar-refractivity contribution >= 4 is 12.2 Å². The average Bonchev–Trinajstić information content (AvgIpc) is 2.81. The summed E-state index contributed by atoms with van der Waals surface area (Å²) in [5, 5.41) is 10.8. The van der Waals surface area contributed by atoms with Crippen LogP contribution in [-0.4, -0.2) is 12.2 Å². The summed E-state index contributed by atoms with van der Waals surface area (Å²) >= 11 is 0. The van der Waals surface area contributed by atoms with Crippen LogP contribution in [0, 0.1) is 10.8 Å². The molecule has 4 aromatic carbocycles. The van der Waals surface area contributed by atoms with E-state index in [2.05, 4.69) is 109 Å². The lowest BCUT2D eigenvalue weighted by Crippen LogP contribution is -1.87. The van der Waals surface area contributed by atoms with E-state index in [1.165, 1.54) is 33.4 Å². The summed E-state index contributed by atoms with van der Waals surface area (Å²) in [6.45, 7) is 0. The third-order valence-corrected chi connectivity index (χ3v) is 4.30. The Bertz CT molecular complexity index is 1100. The number of benzene rings is 4. The van der Waals surface area contributed by atoms with Crippen LogP contribution < -0.4 is 0 Å². The molecule has 30 heavy (non-hydrogen) atoms. The molecule has 0 aromatic heterocycles. The van der Waals surface area contributed by atoms with Crippen LogP contribution in [0.4, 0.5) is 0 Å². The van der Waals surface area contributed by atoms with Gasteiger partial charge in [-0.1, -0.05) is 103 Å². The molecule has 0 saturated heterocycles. The van der Waals surface area contributed by atoms with Crippen molar-refractivity contribution in [3.63, 3.8) is 0 Å². The molecule has 0 bridgehead atoms. The summed E-state index contributed by atoms with van der Waals surface area (Å²) in [7, 11) is 0. The molecule has 4 nitrogen and oxygen atoms in total. The van der Waals surface area contributed by atoms with Crippen molar-refractivity contribution in [2.45, 2.75) is 0 Å². The molecule has 0 aliphatic rings. The zero-order valence-electron chi connectivity index (χ0n) is 16.2. The minimum absolute atomic E-state index is 0.750. The molecule has 4 heteroatoms.